The second kappa shape index (κ2) is 7.80. The van der Waals surface area contributed by atoms with Crippen LogP contribution in [0.15, 0.2) is 11.6 Å². The van der Waals surface area contributed by atoms with Crippen molar-refractivity contribution in [3.63, 3.8) is 0 Å². The molecule has 0 heterocycles. The van der Waals surface area contributed by atoms with E-state index in [9.17, 15) is 30.3 Å². The Balaban J connectivity index is 1.64. The van der Waals surface area contributed by atoms with Gasteiger partial charge in [-0.2, -0.15) is 0 Å². The van der Waals surface area contributed by atoms with E-state index in [0.29, 0.717) is 19.3 Å². The molecule has 4 fully saturated rings. The summed E-state index contributed by atoms with van der Waals surface area (Å²) in [4.78, 5) is 12.8. The first kappa shape index (κ1) is 26.6. The molecule has 5 aliphatic carbocycles. The minimum atomic E-state index is -1.08. The van der Waals surface area contributed by atoms with Crippen LogP contribution in [0.2, 0.25) is 0 Å². The van der Waals surface area contributed by atoms with Gasteiger partial charge >= 0.3 is 5.97 Å². The maximum absolute atomic E-state index is 12.8. The zero-order chi connectivity index (χ0) is 26.7. The van der Waals surface area contributed by atoms with E-state index in [0.717, 1.165) is 32.1 Å². The van der Waals surface area contributed by atoms with Crippen LogP contribution in [0.25, 0.3) is 0 Å². The summed E-state index contributed by atoms with van der Waals surface area (Å²) >= 11 is 0. The monoisotopic (exact) mass is 504 g/mol. The summed E-state index contributed by atoms with van der Waals surface area (Å²) in [6.45, 7) is 12.8. The Morgan fingerprint density at radius 2 is 1.56 bits per heavy atom. The number of rotatable bonds is 2. The maximum atomic E-state index is 12.8. The number of carboxylic acids is 1. The first-order valence-electron chi connectivity index (χ1n) is 14.1. The topological polar surface area (TPSA) is 118 Å². The molecule has 5 N–H and O–H groups in total. The molecule has 5 rings (SSSR count). The van der Waals surface area contributed by atoms with Crippen LogP contribution < -0.4 is 0 Å². The fourth-order valence-electron chi connectivity index (χ4n) is 10.9. The third-order valence-corrected chi connectivity index (χ3v) is 13.0. The molecular formula is C30H48O6. The van der Waals surface area contributed by atoms with E-state index in [-0.39, 0.29) is 40.6 Å². The highest BCUT2D eigenvalue weighted by molar-refractivity contribution is 5.76. The Kier molecular flexibility index (Phi) is 5.77. The molecule has 204 valence electrons. The highest BCUT2D eigenvalue weighted by Gasteiger charge is 2.72. The van der Waals surface area contributed by atoms with E-state index in [1.165, 1.54) is 5.57 Å². The number of fused-ring (bicyclic) bond motifs is 7. The van der Waals surface area contributed by atoms with Crippen molar-refractivity contribution >= 4 is 5.97 Å². The van der Waals surface area contributed by atoms with Gasteiger partial charge in [0.15, 0.2) is 0 Å². The van der Waals surface area contributed by atoms with Crippen molar-refractivity contribution in [3.05, 3.63) is 11.6 Å². The minimum absolute atomic E-state index is 0.000534. The summed E-state index contributed by atoms with van der Waals surface area (Å²) in [6.07, 6.45) is 5.27. The van der Waals surface area contributed by atoms with Crippen molar-refractivity contribution in [1.29, 1.82) is 0 Å². The van der Waals surface area contributed by atoms with Gasteiger partial charge in [0, 0.05) is 11.3 Å². The lowest BCUT2D eigenvalue weighted by Gasteiger charge is -2.72. The first-order valence-corrected chi connectivity index (χ1v) is 14.1. The van der Waals surface area contributed by atoms with Gasteiger partial charge in [-0.25, -0.2) is 0 Å². The lowest BCUT2D eigenvalue weighted by Crippen LogP contribution is -2.71. The molecule has 4 saturated carbocycles. The van der Waals surface area contributed by atoms with Crippen LogP contribution in [0.5, 0.6) is 0 Å². The third-order valence-electron chi connectivity index (χ3n) is 13.0. The predicted molar refractivity (Wildman–Crippen MR) is 137 cm³/mol. The summed E-state index contributed by atoms with van der Waals surface area (Å²) in [6, 6.07) is 0. The number of aliphatic hydroxyl groups is 4. The Bertz CT molecular complexity index is 974. The quantitative estimate of drug-likeness (QED) is 0.361. The van der Waals surface area contributed by atoms with E-state index in [4.69, 9.17) is 0 Å². The average molecular weight is 505 g/mol. The zero-order valence-corrected chi connectivity index (χ0v) is 23.0. The van der Waals surface area contributed by atoms with Crippen LogP contribution in [0.1, 0.15) is 92.9 Å². The van der Waals surface area contributed by atoms with Crippen LogP contribution in [0.4, 0.5) is 0 Å². The number of aliphatic hydroxyl groups excluding tert-OH is 4. The van der Waals surface area contributed by atoms with Gasteiger partial charge in [0.25, 0.3) is 0 Å². The van der Waals surface area contributed by atoms with Crippen LogP contribution in [0, 0.1) is 50.2 Å². The molecule has 0 spiro atoms. The number of hydrogen-bond acceptors (Lipinski definition) is 5. The van der Waals surface area contributed by atoms with E-state index in [2.05, 4.69) is 40.7 Å². The molecule has 11 atom stereocenters. The van der Waals surface area contributed by atoms with Crippen molar-refractivity contribution < 1.29 is 30.3 Å². The number of carboxylic acid groups (broad SMARTS) is 1. The molecule has 0 aromatic carbocycles. The first-order chi connectivity index (χ1) is 16.5. The smallest absolute Gasteiger partial charge is 0.310 e. The molecule has 0 bridgehead atoms. The molecule has 0 aliphatic heterocycles. The second-order valence-corrected chi connectivity index (χ2v) is 15.2. The maximum Gasteiger partial charge on any atom is 0.310 e. The molecule has 0 aromatic heterocycles. The Labute approximate surface area is 216 Å². The van der Waals surface area contributed by atoms with Crippen LogP contribution in [-0.4, -0.2) is 56.4 Å². The lowest BCUT2D eigenvalue weighted by molar-refractivity contribution is -0.273. The molecule has 0 aromatic rings. The standard InChI is InChI=1S/C30H48O6/c1-25(2)9-11-30(24(35)36)12-10-28(5)17(18(30)13-25)7-8-21-26(3)14-20(33)23(34)27(4,16-31)22(26)19(32)15-29(21,28)6/h7,18-23,31-34H,8-16H2,1-6H3,(H,35,36)/t18-,19-,20+,21-,22-,23-,26-,27+,28-,29-,30-/m1/s1. The SMILES string of the molecule is CC1(C)CC[C@@]2(C(=O)O)CC[C@]3(C)C(=CC[C@@H]4[C@@]5(C)C[C@H](O)[C@@H](O)[C@@](C)(CO)[C@@H]5[C@H](O)C[C@]43C)[C@H]2C1. The summed E-state index contributed by atoms with van der Waals surface area (Å²) < 4.78 is 0. The molecule has 5 aliphatic rings. The normalized spacial score (nSPS) is 55.9. The fraction of sp³-hybridized carbons (Fsp3) is 0.900. The molecule has 36 heavy (non-hydrogen) atoms. The van der Waals surface area contributed by atoms with Gasteiger partial charge in [0.1, 0.15) is 0 Å². The fourth-order valence-corrected chi connectivity index (χ4v) is 10.9. The number of carbonyl (C=O) groups is 1. The molecule has 0 unspecified atom stereocenters. The van der Waals surface area contributed by atoms with Gasteiger partial charge in [-0.1, -0.05) is 53.2 Å². The lowest BCUT2D eigenvalue weighted by atomic mass is 9.33. The molecular weight excluding hydrogens is 456 g/mol. The van der Waals surface area contributed by atoms with Crippen molar-refractivity contribution in [3.8, 4) is 0 Å². The van der Waals surface area contributed by atoms with Crippen molar-refractivity contribution in [2.24, 2.45) is 50.2 Å². The highest BCUT2D eigenvalue weighted by atomic mass is 16.4. The Morgan fingerprint density at radius 1 is 0.917 bits per heavy atom. The van der Waals surface area contributed by atoms with E-state index in [1.807, 2.05) is 6.92 Å². The number of aliphatic carboxylic acids is 1. The molecule has 0 radical (unpaired) electrons. The number of allylic oxidation sites excluding steroid dienone is 2. The highest BCUT2D eigenvalue weighted by Crippen LogP contribution is 2.75. The average Bonchev–Trinajstić information content (AvgIpc) is 2.77. The zero-order valence-electron chi connectivity index (χ0n) is 23.0. The molecule has 0 amide bonds. The molecule has 0 saturated heterocycles. The van der Waals surface area contributed by atoms with Crippen LogP contribution in [-0.2, 0) is 4.79 Å². The summed E-state index contributed by atoms with van der Waals surface area (Å²) in [5, 5.41) is 54.6. The van der Waals surface area contributed by atoms with Crippen molar-refractivity contribution in [2.75, 3.05) is 6.61 Å². The Morgan fingerprint density at radius 3 is 2.17 bits per heavy atom. The third kappa shape index (κ3) is 3.08. The van der Waals surface area contributed by atoms with Crippen molar-refractivity contribution in [2.45, 2.75) is 111 Å². The minimum Gasteiger partial charge on any atom is -0.481 e. The van der Waals surface area contributed by atoms with Crippen LogP contribution in [0.3, 0.4) is 0 Å². The second-order valence-electron chi connectivity index (χ2n) is 15.2. The number of hydrogen-bond donors (Lipinski definition) is 5. The van der Waals surface area contributed by atoms with E-state index < -0.39 is 40.5 Å². The summed E-state index contributed by atoms with van der Waals surface area (Å²) in [5.74, 6) is -0.842. The van der Waals surface area contributed by atoms with E-state index in [1.54, 1.807) is 0 Å². The van der Waals surface area contributed by atoms with Crippen LogP contribution >= 0.6 is 0 Å². The molecule has 6 heteroatoms. The van der Waals surface area contributed by atoms with Gasteiger partial charge in [0.2, 0.25) is 0 Å². The van der Waals surface area contributed by atoms with Gasteiger partial charge in [-0.05, 0) is 84.9 Å². The van der Waals surface area contributed by atoms with Gasteiger partial charge < -0.3 is 25.5 Å². The van der Waals surface area contributed by atoms with Gasteiger partial charge in [0.05, 0.1) is 30.3 Å². The largest absolute Gasteiger partial charge is 0.481 e. The molecule has 6 nitrogen and oxygen atoms in total. The van der Waals surface area contributed by atoms with Gasteiger partial charge in [-0.15, -0.1) is 0 Å². The van der Waals surface area contributed by atoms with Gasteiger partial charge in [-0.3, -0.25) is 4.79 Å². The van der Waals surface area contributed by atoms with Crippen molar-refractivity contribution in [1.82, 2.24) is 0 Å². The summed E-state index contributed by atoms with van der Waals surface area (Å²) in [5.41, 5.74) is -1.32. The predicted octanol–water partition coefficient (Wildman–Crippen LogP) is 4.15. The van der Waals surface area contributed by atoms with E-state index >= 15 is 0 Å². The summed E-state index contributed by atoms with van der Waals surface area (Å²) in [7, 11) is 0. The Hall–Kier alpha value is -0.950.